The molecule has 0 radical (unpaired) electrons. The zero-order chi connectivity index (χ0) is 16.4. The first kappa shape index (κ1) is 14.5. The zero-order valence-electron chi connectivity index (χ0n) is 12.4. The molecule has 0 aliphatic carbocycles. The Hall–Kier alpha value is -3.06. The number of aromatic amines is 2. The smallest absolute Gasteiger partial charge is 0.204 e. The first-order chi connectivity index (χ1) is 11.8. The first-order valence-corrected chi connectivity index (χ1v) is 7.65. The van der Waals surface area contributed by atoms with E-state index in [4.69, 9.17) is 11.6 Å². The van der Waals surface area contributed by atoms with Gasteiger partial charge < -0.3 is 4.98 Å². The minimum atomic E-state index is 0.519. The lowest BCUT2D eigenvalue weighted by Crippen LogP contribution is -1.92. The van der Waals surface area contributed by atoms with Crippen LogP contribution >= 0.6 is 11.6 Å². The lowest BCUT2D eigenvalue weighted by atomic mass is 10.1. The summed E-state index contributed by atoms with van der Waals surface area (Å²) >= 11 is 6.20. The average Bonchev–Trinajstić information content (AvgIpc) is 3.29. The van der Waals surface area contributed by atoms with Crippen molar-refractivity contribution in [2.75, 3.05) is 0 Å². The lowest BCUT2D eigenvalue weighted by molar-refractivity contribution is 0.881. The number of aromatic nitrogens is 7. The molecule has 0 aliphatic rings. The molecule has 4 rings (SSSR count). The molecular weight excluding hydrogens is 326 g/mol. The van der Waals surface area contributed by atoms with Gasteiger partial charge in [-0.3, -0.25) is 4.98 Å². The molecule has 0 amide bonds. The number of nitrogens with zero attached hydrogens (tertiary/aromatic N) is 5. The number of hydrogen-bond acceptors (Lipinski definition) is 5. The second-order valence-corrected chi connectivity index (χ2v) is 5.57. The summed E-state index contributed by atoms with van der Waals surface area (Å²) in [6, 6.07) is 11.4. The summed E-state index contributed by atoms with van der Waals surface area (Å²) in [6.45, 7) is 0. The molecule has 4 aromatic rings. The van der Waals surface area contributed by atoms with E-state index in [0.717, 1.165) is 33.4 Å². The van der Waals surface area contributed by atoms with Crippen molar-refractivity contribution in [3.05, 3.63) is 65.2 Å². The van der Waals surface area contributed by atoms with Gasteiger partial charge in [-0.15, -0.1) is 10.2 Å². The molecule has 0 unspecified atom stereocenters. The largest absolute Gasteiger partial charge is 0.348 e. The van der Waals surface area contributed by atoms with E-state index in [9.17, 15) is 0 Å². The van der Waals surface area contributed by atoms with Gasteiger partial charge in [0.2, 0.25) is 5.82 Å². The second-order valence-electron chi connectivity index (χ2n) is 5.17. The number of tetrazole rings is 1. The third kappa shape index (κ3) is 2.89. The van der Waals surface area contributed by atoms with Crippen molar-refractivity contribution in [3.63, 3.8) is 0 Å². The van der Waals surface area contributed by atoms with Gasteiger partial charge in [-0.25, -0.2) is 4.98 Å². The highest BCUT2D eigenvalue weighted by Crippen LogP contribution is 2.22. The van der Waals surface area contributed by atoms with Crippen LogP contribution in [0.4, 0.5) is 0 Å². The van der Waals surface area contributed by atoms with Gasteiger partial charge in [-0.2, -0.15) is 5.21 Å². The van der Waals surface area contributed by atoms with Crippen molar-refractivity contribution in [1.82, 2.24) is 35.6 Å². The zero-order valence-corrected chi connectivity index (χ0v) is 13.2. The maximum Gasteiger partial charge on any atom is 0.204 e. The lowest BCUT2D eigenvalue weighted by Gasteiger charge is -2.01. The maximum absolute atomic E-state index is 6.20. The number of rotatable bonds is 4. The maximum atomic E-state index is 6.20. The SMILES string of the molecule is Clc1ccccc1Cc1nc(-c2cc(-c3nn[nH]n3)ccn2)c[nH]1. The summed E-state index contributed by atoms with van der Waals surface area (Å²) in [4.78, 5) is 12.1. The van der Waals surface area contributed by atoms with Crippen LogP contribution in [0.5, 0.6) is 0 Å². The topological polar surface area (TPSA) is 96.0 Å². The van der Waals surface area contributed by atoms with E-state index >= 15 is 0 Å². The van der Waals surface area contributed by atoms with Crippen LogP contribution in [-0.4, -0.2) is 35.6 Å². The fourth-order valence-electron chi connectivity index (χ4n) is 2.40. The first-order valence-electron chi connectivity index (χ1n) is 7.27. The van der Waals surface area contributed by atoms with Gasteiger partial charge in [0.15, 0.2) is 0 Å². The summed E-state index contributed by atoms with van der Waals surface area (Å²) in [5.74, 6) is 1.34. The highest BCUT2D eigenvalue weighted by atomic mass is 35.5. The minimum Gasteiger partial charge on any atom is -0.348 e. The fraction of sp³-hybridized carbons (Fsp3) is 0.0625. The van der Waals surface area contributed by atoms with E-state index in [0.29, 0.717) is 12.2 Å². The molecule has 3 aromatic heterocycles. The molecule has 24 heavy (non-hydrogen) atoms. The van der Waals surface area contributed by atoms with Crippen LogP contribution < -0.4 is 0 Å². The van der Waals surface area contributed by atoms with Gasteiger partial charge in [0.1, 0.15) is 11.5 Å². The normalized spacial score (nSPS) is 10.9. The number of nitrogens with one attached hydrogen (secondary N) is 2. The Morgan fingerprint density at radius 3 is 2.83 bits per heavy atom. The Morgan fingerprint density at radius 1 is 1.08 bits per heavy atom. The third-order valence-electron chi connectivity index (χ3n) is 3.57. The van der Waals surface area contributed by atoms with Crippen LogP contribution in [0.2, 0.25) is 5.02 Å². The second kappa shape index (κ2) is 6.21. The molecule has 0 spiro atoms. The number of pyridine rings is 1. The predicted octanol–water partition coefficient (Wildman–Crippen LogP) is 2.90. The molecule has 1 aromatic carbocycles. The Labute approximate surface area is 142 Å². The van der Waals surface area contributed by atoms with E-state index in [1.807, 2.05) is 42.6 Å². The number of halogens is 1. The van der Waals surface area contributed by atoms with Crippen molar-refractivity contribution < 1.29 is 0 Å². The van der Waals surface area contributed by atoms with Crippen molar-refractivity contribution in [3.8, 4) is 22.8 Å². The van der Waals surface area contributed by atoms with E-state index < -0.39 is 0 Å². The minimum absolute atomic E-state index is 0.519. The van der Waals surface area contributed by atoms with Gasteiger partial charge in [0.25, 0.3) is 0 Å². The highest BCUT2D eigenvalue weighted by Gasteiger charge is 2.10. The molecule has 0 atom stereocenters. The van der Waals surface area contributed by atoms with Crippen LogP contribution in [0.25, 0.3) is 22.8 Å². The van der Waals surface area contributed by atoms with Crippen molar-refractivity contribution in [2.45, 2.75) is 6.42 Å². The van der Waals surface area contributed by atoms with Gasteiger partial charge >= 0.3 is 0 Å². The average molecular weight is 338 g/mol. The number of H-pyrrole nitrogens is 2. The third-order valence-corrected chi connectivity index (χ3v) is 3.94. The molecule has 0 bridgehead atoms. The van der Waals surface area contributed by atoms with Gasteiger partial charge in [-0.05, 0) is 29.0 Å². The van der Waals surface area contributed by atoms with Crippen LogP contribution in [0.1, 0.15) is 11.4 Å². The Bertz CT molecular complexity index is 962. The van der Waals surface area contributed by atoms with Gasteiger partial charge in [0, 0.05) is 29.4 Å². The van der Waals surface area contributed by atoms with E-state index in [1.54, 1.807) is 6.20 Å². The molecular formula is C16H12ClN7. The Balaban J connectivity index is 1.61. The van der Waals surface area contributed by atoms with Gasteiger partial charge in [0.05, 0.1) is 5.69 Å². The summed E-state index contributed by atoms with van der Waals surface area (Å²) < 4.78 is 0. The van der Waals surface area contributed by atoms with Crippen molar-refractivity contribution >= 4 is 11.6 Å². The standard InChI is InChI=1S/C16H12ClN7/c17-12-4-2-1-3-10(12)8-15-19-9-14(20-15)13-7-11(5-6-18-13)16-21-23-24-22-16/h1-7,9H,8H2,(H,19,20)(H,21,22,23,24). The van der Waals surface area contributed by atoms with Crippen molar-refractivity contribution in [1.29, 1.82) is 0 Å². The molecule has 8 heteroatoms. The molecule has 0 fully saturated rings. The molecule has 0 saturated carbocycles. The molecule has 0 saturated heterocycles. The molecule has 7 nitrogen and oxygen atoms in total. The summed E-state index contributed by atoms with van der Waals surface area (Å²) in [5.41, 5.74) is 3.33. The quantitative estimate of drug-likeness (QED) is 0.597. The van der Waals surface area contributed by atoms with Gasteiger partial charge in [-0.1, -0.05) is 29.8 Å². The number of imidazole rings is 1. The van der Waals surface area contributed by atoms with E-state index in [1.165, 1.54) is 0 Å². The Morgan fingerprint density at radius 2 is 2.00 bits per heavy atom. The number of hydrogen-bond donors (Lipinski definition) is 2. The van der Waals surface area contributed by atoms with Crippen molar-refractivity contribution in [2.24, 2.45) is 0 Å². The van der Waals surface area contributed by atoms with Crippen LogP contribution in [-0.2, 0) is 6.42 Å². The predicted molar refractivity (Wildman–Crippen MR) is 89.2 cm³/mol. The van der Waals surface area contributed by atoms with Crippen LogP contribution in [0.15, 0.2) is 48.8 Å². The van der Waals surface area contributed by atoms with Crippen LogP contribution in [0.3, 0.4) is 0 Å². The Kier molecular flexibility index (Phi) is 3.76. The number of benzene rings is 1. The van der Waals surface area contributed by atoms with E-state index in [2.05, 4.69) is 35.6 Å². The fourth-order valence-corrected chi connectivity index (χ4v) is 2.60. The molecule has 118 valence electrons. The van der Waals surface area contributed by atoms with E-state index in [-0.39, 0.29) is 0 Å². The van der Waals surface area contributed by atoms with Crippen LogP contribution in [0, 0.1) is 0 Å². The summed E-state index contributed by atoms with van der Waals surface area (Å²) in [6.07, 6.45) is 4.15. The monoisotopic (exact) mass is 337 g/mol. The molecule has 2 N–H and O–H groups in total. The summed E-state index contributed by atoms with van der Waals surface area (Å²) in [7, 11) is 0. The molecule has 3 heterocycles. The molecule has 0 aliphatic heterocycles. The highest BCUT2D eigenvalue weighted by molar-refractivity contribution is 6.31. The summed E-state index contributed by atoms with van der Waals surface area (Å²) in [5, 5.41) is 14.7.